The summed E-state index contributed by atoms with van der Waals surface area (Å²) < 4.78 is 0. The molecule has 0 radical (unpaired) electrons. The van der Waals surface area contributed by atoms with Crippen LogP contribution in [0.2, 0.25) is 0 Å². The fourth-order valence-corrected chi connectivity index (χ4v) is 3.59. The van der Waals surface area contributed by atoms with Gasteiger partial charge in [0.25, 0.3) is 0 Å². The normalized spacial score (nSPS) is 15.0. The number of rotatable bonds is 4. The largest absolute Gasteiger partial charge is 0.465 e. The Balaban J connectivity index is 1.48. The Morgan fingerprint density at radius 3 is 2.67 bits per heavy atom. The number of anilines is 1. The molecule has 2 N–H and O–H groups in total. The van der Waals surface area contributed by atoms with Crippen LogP contribution in [0.1, 0.15) is 12.8 Å². The van der Waals surface area contributed by atoms with Crippen LogP contribution in [0, 0.1) is 5.92 Å². The predicted octanol–water partition coefficient (Wildman–Crippen LogP) is 3.78. The highest BCUT2D eigenvalue weighted by Crippen LogP contribution is 2.25. The van der Waals surface area contributed by atoms with Crippen molar-refractivity contribution in [2.24, 2.45) is 5.92 Å². The molecule has 1 aliphatic rings. The number of piperidine rings is 1. The molecular formula is C21H22N4O2. The first kappa shape index (κ1) is 17.3. The maximum Gasteiger partial charge on any atom is 0.404 e. The summed E-state index contributed by atoms with van der Waals surface area (Å²) in [4.78, 5) is 22.1. The molecule has 6 nitrogen and oxygen atoms in total. The summed E-state index contributed by atoms with van der Waals surface area (Å²) in [5, 5.41) is 13.6. The second-order valence-corrected chi connectivity index (χ2v) is 6.92. The van der Waals surface area contributed by atoms with Crippen LogP contribution in [-0.4, -0.2) is 40.8 Å². The molecule has 0 unspecified atom stereocenters. The van der Waals surface area contributed by atoms with Crippen LogP contribution in [0.5, 0.6) is 0 Å². The monoisotopic (exact) mass is 362 g/mol. The Bertz CT molecular complexity index is 952. The third kappa shape index (κ3) is 4.00. The molecule has 2 heterocycles. The van der Waals surface area contributed by atoms with Crippen molar-refractivity contribution in [1.82, 2.24) is 15.3 Å². The van der Waals surface area contributed by atoms with Crippen molar-refractivity contribution in [3.05, 3.63) is 54.7 Å². The third-order valence-electron chi connectivity index (χ3n) is 5.13. The first-order chi connectivity index (χ1) is 13.2. The number of nitrogens with one attached hydrogen (secondary N) is 1. The van der Waals surface area contributed by atoms with E-state index in [1.807, 2.05) is 24.4 Å². The lowest BCUT2D eigenvalue weighted by Crippen LogP contribution is -2.38. The Hall–Kier alpha value is -3.15. The second-order valence-electron chi connectivity index (χ2n) is 6.92. The maximum absolute atomic E-state index is 10.6. The molecular weight excluding hydrogens is 340 g/mol. The van der Waals surface area contributed by atoms with Crippen LogP contribution in [0.25, 0.3) is 22.2 Å². The van der Waals surface area contributed by atoms with Gasteiger partial charge in [0.15, 0.2) is 5.82 Å². The molecule has 0 atom stereocenters. The zero-order valence-electron chi connectivity index (χ0n) is 15.0. The first-order valence-corrected chi connectivity index (χ1v) is 9.23. The van der Waals surface area contributed by atoms with Gasteiger partial charge in [-0.2, -0.15) is 0 Å². The van der Waals surface area contributed by atoms with E-state index in [4.69, 9.17) is 10.1 Å². The van der Waals surface area contributed by atoms with Crippen LogP contribution in [0.15, 0.2) is 54.7 Å². The van der Waals surface area contributed by atoms with Crippen molar-refractivity contribution in [2.45, 2.75) is 12.8 Å². The maximum atomic E-state index is 10.6. The van der Waals surface area contributed by atoms with E-state index in [1.165, 1.54) is 10.8 Å². The van der Waals surface area contributed by atoms with Gasteiger partial charge >= 0.3 is 6.09 Å². The lowest BCUT2D eigenvalue weighted by atomic mass is 9.97. The van der Waals surface area contributed by atoms with E-state index in [-0.39, 0.29) is 0 Å². The topological polar surface area (TPSA) is 78.4 Å². The fraction of sp³-hybridized carbons (Fsp3) is 0.286. The number of carboxylic acid groups (broad SMARTS) is 1. The minimum Gasteiger partial charge on any atom is -0.465 e. The van der Waals surface area contributed by atoms with Crippen LogP contribution in [-0.2, 0) is 0 Å². The minimum absolute atomic E-state index is 0.388. The summed E-state index contributed by atoms with van der Waals surface area (Å²) >= 11 is 0. The van der Waals surface area contributed by atoms with Crippen LogP contribution >= 0.6 is 0 Å². The van der Waals surface area contributed by atoms with E-state index in [0.717, 1.165) is 43.1 Å². The minimum atomic E-state index is -0.951. The average Bonchev–Trinajstić information content (AvgIpc) is 2.72. The molecule has 1 aliphatic heterocycles. The molecule has 0 bridgehead atoms. The number of hydrogen-bond donors (Lipinski definition) is 2. The van der Waals surface area contributed by atoms with E-state index >= 15 is 0 Å². The van der Waals surface area contributed by atoms with Crippen molar-refractivity contribution in [2.75, 3.05) is 24.5 Å². The molecule has 1 amide bonds. The third-order valence-corrected chi connectivity index (χ3v) is 5.13. The van der Waals surface area contributed by atoms with Crippen molar-refractivity contribution in [3.63, 3.8) is 0 Å². The van der Waals surface area contributed by atoms with Crippen molar-refractivity contribution in [3.8, 4) is 11.4 Å². The molecule has 1 aromatic heterocycles. The van der Waals surface area contributed by atoms with Crippen molar-refractivity contribution < 1.29 is 9.90 Å². The molecule has 4 rings (SSSR count). The Kier molecular flexibility index (Phi) is 4.87. The van der Waals surface area contributed by atoms with Gasteiger partial charge in [-0.25, -0.2) is 14.8 Å². The average molecular weight is 362 g/mol. The lowest BCUT2D eigenvalue weighted by Gasteiger charge is -2.32. The fourth-order valence-electron chi connectivity index (χ4n) is 3.59. The summed E-state index contributed by atoms with van der Waals surface area (Å²) in [6.45, 7) is 2.27. The van der Waals surface area contributed by atoms with Gasteiger partial charge in [-0.15, -0.1) is 0 Å². The van der Waals surface area contributed by atoms with Gasteiger partial charge in [0.1, 0.15) is 5.82 Å². The van der Waals surface area contributed by atoms with Crippen LogP contribution < -0.4 is 10.2 Å². The molecule has 0 aliphatic carbocycles. The molecule has 2 aromatic carbocycles. The summed E-state index contributed by atoms with van der Waals surface area (Å²) in [5.41, 5.74) is 1.01. The highest BCUT2D eigenvalue weighted by atomic mass is 16.4. The molecule has 0 spiro atoms. The van der Waals surface area contributed by atoms with Crippen LogP contribution in [0.3, 0.4) is 0 Å². The van der Waals surface area contributed by atoms with Gasteiger partial charge in [-0.05, 0) is 41.7 Å². The Morgan fingerprint density at radius 2 is 1.89 bits per heavy atom. The summed E-state index contributed by atoms with van der Waals surface area (Å²) in [7, 11) is 0. The molecule has 27 heavy (non-hydrogen) atoms. The highest BCUT2D eigenvalue weighted by molar-refractivity contribution is 5.86. The molecule has 6 heteroatoms. The van der Waals surface area contributed by atoms with E-state index in [0.29, 0.717) is 12.5 Å². The summed E-state index contributed by atoms with van der Waals surface area (Å²) in [5.74, 6) is 2.05. The molecule has 3 aromatic rings. The van der Waals surface area contributed by atoms with Gasteiger partial charge in [-0.1, -0.05) is 36.4 Å². The highest BCUT2D eigenvalue weighted by Gasteiger charge is 2.21. The van der Waals surface area contributed by atoms with E-state index in [2.05, 4.69) is 45.5 Å². The molecule has 138 valence electrons. The molecule has 1 saturated heterocycles. The smallest absolute Gasteiger partial charge is 0.404 e. The van der Waals surface area contributed by atoms with Gasteiger partial charge in [-0.3, -0.25) is 0 Å². The number of nitrogens with zero attached hydrogens (tertiary/aromatic N) is 3. The standard InChI is InChI=1S/C21H22N4O2/c26-21(27)23-14-15-8-11-25(12-9-15)19-7-10-22-20(24-19)18-6-5-16-3-1-2-4-17(16)13-18/h1-7,10,13,15,23H,8-9,11-12,14H2,(H,26,27). The lowest BCUT2D eigenvalue weighted by molar-refractivity contribution is 0.191. The number of amides is 1. The van der Waals surface area contributed by atoms with Crippen molar-refractivity contribution in [1.29, 1.82) is 0 Å². The number of hydrogen-bond acceptors (Lipinski definition) is 4. The number of aromatic nitrogens is 2. The molecule has 0 saturated carbocycles. The zero-order chi connectivity index (χ0) is 18.6. The SMILES string of the molecule is O=C(O)NCC1CCN(c2ccnc(-c3ccc4ccccc4c3)n2)CC1. The number of fused-ring (bicyclic) bond motifs is 1. The predicted molar refractivity (Wildman–Crippen MR) is 106 cm³/mol. The second kappa shape index (κ2) is 7.61. The first-order valence-electron chi connectivity index (χ1n) is 9.23. The quantitative estimate of drug-likeness (QED) is 0.738. The van der Waals surface area contributed by atoms with E-state index in [9.17, 15) is 4.79 Å². The zero-order valence-corrected chi connectivity index (χ0v) is 15.0. The summed E-state index contributed by atoms with van der Waals surface area (Å²) in [6, 6.07) is 16.5. The Morgan fingerprint density at radius 1 is 1.11 bits per heavy atom. The van der Waals surface area contributed by atoms with Gasteiger partial charge in [0, 0.05) is 31.4 Å². The van der Waals surface area contributed by atoms with Gasteiger partial charge < -0.3 is 15.3 Å². The molecule has 1 fully saturated rings. The van der Waals surface area contributed by atoms with Crippen molar-refractivity contribution >= 4 is 22.7 Å². The number of carbonyl (C=O) groups is 1. The Labute approximate surface area is 157 Å². The van der Waals surface area contributed by atoms with Crippen LogP contribution in [0.4, 0.5) is 10.6 Å². The number of benzene rings is 2. The van der Waals surface area contributed by atoms with Gasteiger partial charge in [0.2, 0.25) is 0 Å². The van der Waals surface area contributed by atoms with Gasteiger partial charge in [0.05, 0.1) is 0 Å². The van der Waals surface area contributed by atoms with E-state index < -0.39 is 6.09 Å². The van der Waals surface area contributed by atoms with E-state index in [1.54, 1.807) is 0 Å². The summed E-state index contributed by atoms with van der Waals surface area (Å²) in [6.07, 6.45) is 2.77.